The fourth-order valence-electron chi connectivity index (χ4n) is 1.92. The second-order valence-corrected chi connectivity index (χ2v) is 4.13. The van der Waals surface area contributed by atoms with Crippen LogP contribution in [0.3, 0.4) is 0 Å². The number of hydrogen-bond acceptors (Lipinski definition) is 3. The molecule has 0 aliphatic carbocycles. The number of aromatic carboxylic acids is 1. The first-order chi connectivity index (χ1) is 9.15. The summed E-state index contributed by atoms with van der Waals surface area (Å²) >= 11 is 0. The number of rotatable bonds is 2. The maximum absolute atomic E-state index is 10.8. The summed E-state index contributed by atoms with van der Waals surface area (Å²) in [6, 6.07) is 9.74. The third-order valence-electron chi connectivity index (χ3n) is 2.89. The SMILES string of the molecule is O=C(O)c1ccc(-c2cn3cccc(O)c3n2)cc1. The molecule has 0 spiro atoms. The van der Waals surface area contributed by atoms with Gasteiger partial charge in [0.05, 0.1) is 11.3 Å². The highest BCUT2D eigenvalue weighted by molar-refractivity contribution is 5.88. The van der Waals surface area contributed by atoms with Gasteiger partial charge in [0, 0.05) is 18.0 Å². The van der Waals surface area contributed by atoms with Crippen molar-refractivity contribution in [1.29, 1.82) is 0 Å². The molecule has 0 aliphatic heterocycles. The monoisotopic (exact) mass is 254 g/mol. The van der Waals surface area contributed by atoms with Crippen molar-refractivity contribution in [3.05, 3.63) is 54.4 Å². The Morgan fingerprint density at radius 1 is 1.16 bits per heavy atom. The largest absolute Gasteiger partial charge is 0.504 e. The molecule has 1 aromatic carbocycles. The summed E-state index contributed by atoms with van der Waals surface area (Å²) in [5, 5.41) is 18.5. The van der Waals surface area contributed by atoms with E-state index in [1.54, 1.807) is 41.1 Å². The van der Waals surface area contributed by atoms with E-state index in [9.17, 15) is 9.90 Å². The summed E-state index contributed by atoms with van der Waals surface area (Å²) in [5.74, 6) is -0.852. The second kappa shape index (κ2) is 4.13. The molecule has 19 heavy (non-hydrogen) atoms. The van der Waals surface area contributed by atoms with Gasteiger partial charge in [-0.1, -0.05) is 12.1 Å². The number of carboxylic acid groups (broad SMARTS) is 1. The van der Waals surface area contributed by atoms with Crippen molar-refractivity contribution in [1.82, 2.24) is 9.38 Å². The molecule has 0 saturated heterocycles. The second-order valence-electron chi connectivity index (χ2n) is 4.13. The fraction of sp³-hybridized carbons (Fsp3) is 0. The minimum Gasteiger partial charge on any atom is -0.504 e. The Morgan fingerprint density at radius 3 is 2.53 bits per heavy atom. The van der Waals surface area contributed by atoms with Gasteiger partial charge >= 0.3 is 5.97 Å². The van der Waals surface area contributed by atoms with Crippen molar-refractivity contribution in [3.8, 4) is 17.0 Å². The lowest BCUT2D eigenvalue weighted by Crippen LogP contribution is -1.94. The molecule has 0 unspecified atom stereocenters. The molecular weight excluding hydrogens is 244 g/mol. The maximum Gasteiger partial charge on any atom is 0.335 e. The van der Waals surface area contributed by atoms with Gasteiger partial charge in [0.25, 0.3) is 0 Å². The number of aromatic hydroxyl groups is 1. The summed E-state index contributed by atoms with van der Waals surface area (Å²) in [5.41, 5.74) is 2.18. The van der Waals surface area contributed by atoms with Crippen molar-refractivity contribution in [2.45, 2.75) is 0 Å². The van der Waals surface area contributed by atoms with Crippen LogP contribution in [0, 0.1) is 0 Å². The van der Waals surface area contributed by atoms with Crippen LogP contribution in [0.2, 0.25) is 0 Å². The number of pyridine rings is 1. The summed E-state index contributed by atoms with van der Waals surface area (Å²) in [6.07, 6.45) is 3.57. The summed E-state index contributed by atoms with van der Waals surface area (Å²) in [6.45, 7) is 0. The van der Waals surface area contributed by atoms with Gasteiger partial charge in [0.15, 0.2) is 11.4 Å². The number of carbonyl (C=O) groups is 1. The lowest BCUT2D eigenvalue weighted by Gasteiger charge is -1.97. The average Bonchev–Trinajstić information content (AvgIpc) is 2.84. The van der Waals surface area contributed by atoms with Crippen LogP contribution in [-0.4, -0.2) is 25.6 Å². The molecule has 0 aliphatic rings. The van der Waals surface area contributed by atoms with E-state index >= 15 is 0 Å². The van der Waals surface area contributed by atoms with Crippen molar-refractivity contribution < 1.29 is 15.0 Å². The molecule has 94 valence electrons. The van der Waals surface area contributed by atoms with Crippen molar-refractivity contribution in [2.75, 3.05) is 0 Å². The number of hydrogen-bond donors (Lipinski definition) is 2. The van der Waals surface area contributed by atoms with Crippen LogP contribution in [0.5, 0.6) is 5.75 Å². The van der Waals surface area contributed by atoms with Gasteiger partial charge in [0.2, 0.25) is 0 Å². The standard InChI is InChI=1S/C14H10N2O3/c17-12-2-1-7-16-8-11(15-13(12)16)9-3-5-10(6-4-9)14(18)19/h1-8,17H,(H,18,19). The van der Waals surface area contributed by atoms with E-state index in [2.05, 4.69) is 4.98 Å². The van der Waals surface area contributed by atoms with Gasteiger partial charge in [0.1, 0.15) is 0 Å². The number of fused-ring (bicyclic) bond motifs is 1. The molecule has 5 heteroatoms. The summed E-state index contributed by atoms with van der Waals surface area (Å²) in [4.78, 5) is 15.1. The van der Waals surface area contributed by atoms with Crippen LogP contribution in [0.4, 0.5) is 0 Å². The Kier molecular flexibility index (Phi) is 2.45. The Bertz CT molecular complexity index is 760. The first-order valence-corrected chi connectivity index (χ1v) is 5.65. The van der Waals surface area contributed by atoms with Gasteiger partial charge in [-0.2, -0.15) is 0 Å². The Labute approximate surface area is 108 Å². The van der Waals surface area contributed by atoms with Gasteiger partial charge in [-0.05, 0) is 24.3 Å². The average molecular weight is 254 g/mol. The van der Waals surface area contributed by atoms with Crippen LogP contribution < -0.4 is 0 Å². The number of carboxylic acids is 1. The van der Waals surface area contributed by atoms with E-state index in [1.807, 2.05) is 0 Å². The quantitative estimate of drug-likeness (QED) is 0.736. The zero-order valence-corrected chi connectivity index (χ0v) is 9.82. The van der Waals surface area contributed by atoms with E-state index in [0.717, 1.165) is 5.56 Å². The van der Waals surface area contributed by atoms with E-state index in [-0.39, 0.29) is 11.3 Å². The molecule has 5 nitrogen and oxygen atoms in total. The van der Waals surface area contributed by atoms with E-state index in [0.29, 0.717) is 11.3 Å². The molecule has 0 fully saturated rings. The number of aromatic nitrogens is 2. The number of benzene rings is 1. The molecule has 2 N–H and O–H groups in total. The first-order valence-electron chi connectivity index (χ1n) is 5.65. The lowest BCUT2D eigenvalue weighted by molar-refractivity contribution is 0.0697. The summed E-state index contributed by atoms with van der Waals surface area (Å²) in [7, 11) is 0. The minimum atomic E-state index is -0.959. The van der Waals surface area contributed by atoms with E-state index < -0.39 is 5.97 Å². The van der Waals surface area contributed by atoms with Gasteiger partial charge < -0.3 is 14.6 Å². The van der Waals surface area contributed by atoms with Crippen LogP contribution in [-0.2, 0) is 0 Å². The predicted octanol–water partition coefficient (Wildman–Crippen LogP) is 2.41. The Hall–Kier alpha value is -2.82. The Morgan fingerprint density at radius 2 is 1.89 bits per heavy atom. The van der Waals surface area contributed by atoms with Gasteiger partial charge in [-0.25, -0.2) is 9.78 Å². The number of nitrogens with zero attached hydrogens (tertiary/aromatic N) is 2. The molecule has 3 rings (SSSR count). The summed E-state index contributed by atoms with van der Waals surface area (Å²) < 4.78 is 1.72. The van der Waals surface area contributed by atoms with Gasteiger partial charge in [-0.15, -0.1) is 0 Å². The third kappa shape index (κ3) is 1.91. The van der Waals surface area contributed by atoms with Gasteiger partial charge in [-0.3, -0.25) is 0 Å². The van der Waals surface area contributed by atoms with E-state index in [1.165, 1.54) is 12.1 Å². The van der Waals surface area contributed by atoms with Crippen LogP contribution in [0.15, 0.2) is 48.8 Å². The molecule has 2 heterocycles. The molecule has 0 saturated carbocycles. The zero-order chi connectivity index (χ0) is 13.4. The zero-order valence-electron chi connectivity index (χ0n) is 9.82. The molecule has 0 bridgehead atoms. The maximum atomic E-state index is 10.8. The molecule has 3 aromatic rings. The predicted molar refractivity (Wildman–Crippen MR) is 69.3 cm³/mol. The topological polar surface area (TPSA) is 74.8 Å². The van der Waals surface area contributed by atoms with Crippen molar-refractivity contribution >= 4 is 11.6 Å². The fourth-order valence-corrected chi connectivity index (χ4v) is 1.92. The van der Waals surface area contributed by atoms with Crippen LogP contribution >= 0.6 is 0 Å². The molecule has 2 aromatic heterocycles. The smallest absolute Gasteiger partial charge is 0.335 e. The molecule has 0 atom stereocenters. The normalized spacial score (nSPS) is 10.7. The number of imidazole rings is 1. The van der Waals surface area contributed by atoms with E-state index in [4.69, 9.17) is 5.11 Å². The highest BCUT2D eigenvalue weighted by Gasteiger charge is 2.08. The Balaban J connectivity index is 2.09. The van der Waals surface area contributed by atoms with Crippen LogP contribution in [0.1, 0.15) is 10.4 Å². The molecular formula is C14H10N2O3. The minimum absolute atomic E-state index is 0.107. The lowest BCUT2D eigenvalue weighted by atomic mass is 10.1. The van der Waals surface area contributed by atoms with Crippen LogP contribution in [0.25, 0.3) is 16.9 Å². The molecule has 0 amide bonds. The van der Waals surface area contributed by atoms with Crippen molar-refractivity contribution in [2.24, 2.45) is 0 Å². The third-order valence-corrected chi connectivity index (χ3v) is 2.89. The molecule has 0 radical (unpaired) electrons. The highest BCUT2D eigenvalue weighted by atomic mass is 16.4. The van der Waals surface area contributed by atoms with Crippen molar-refractivity contribution in [3.63, 3.8) is 0 Å². The first kappa shape index (κ1) is 11.3. The highest BCUT2D eigenvalue weighted by Crippen LogP contribution is 2.23.